The second-order valence-electron chi connectivity index (χ2n) is 4.73. The van der Waals surface area contributed by atoms with E-state index in [4.69, 9.17) is 32.8 Å². The number of ether oxygens (including phenoxy) is 1. The molecule has 23 heavy (non-hydrogen) atoms. The standard InChI is InChI=1S/C15H8Cl2F3NO2/c16-11-6-10(7-12(17)8-11)14(15(18,19)20)22-13(21-23-14)9-4-2-1-3-5-9/h1-8H. The van der Waals surface area contributed by atoms with Crippen LogP contribution in [0.3, 0.4) is 0 Å². The Morgan fingerprint density at radius 3 is 2.13 bits per heavy atom. The molecule has 0 bridgehead atoms. The molecule has 0 aromatic heterocycles. The van der Waals surface area contributed by atoms with E-state index in [1.807, 2.05) is 0 Å². The average molecular weight is 362 g/mol. The van der Waals surface area contributed by atoms with Crippen LogP contribution in [0.15, 0.2) is 53.7 Å². The van der Waals surface area contributed by atoms with Gasteiger partial charge in [0.2, 0.25) is 0 Å². The first-order valence-corrected chi connectivity index (χ1v) is 7.11. The van der Waals surface area contributed by atoms with Gasteiger partial charge >= 0.3 is 12.0 Å². The van der Waals surface area contributed by atoms with Crippen molar-refractivity contribution in [3.63, 3.8) is 0 Å². The molecule has 8 heteroatoms. The van der Waals surface area contributed by atoms with E-state index in [-0.39, 0.29) is 15.9 Å². The predicted octanol–water partition coefficient (Wildman–Crippen LogP) is 5.12. The third kappa shape index (κ3) is 2.84. The fourth-order valence-electron chi connectivity index (χ4n) is 2.10. The van der Waals surface area contributed by atoms with Crippen molar-refractivity contribution in [3.8, 4) is 0 Å². The second kappa shape index (κ2) is 5.62. The molecule has 0 fully saturated rings. The molecule has 0 spiro atoms. The Labute approximate surface area is 139 Å². The number of nitrogens with zero attached hydrogens (tertiary/aromatic N) is 1. The number of oxime groups is 1. The molecule has 0 saturated heterocycles. The maximum absolute atomic E-state index is 13.6. The fraction of sp³-hybridized carbons (Fsp3) is 0.133. The Morgan fingerprint density at radius 1 is 0.957 bits per heavy atom. The summed E-state index contributed by atoms with van der Waals surface area (Å²) in [4.78, 5) is 4.69. The van der Waals surface area contributed by atoms with Crippen LogP contribution in [0.25, 0.3) is 0 Å². The summed E-state index contributed by atoms with van der Waals surface area (Å²) in [6.45, 7) is 0. The summed E-state index contributed by atoms with van der Waals surface area (Å²) in [6, 6.07) is 11.6. The van der Waals surface area contributed by atoms with Crippen molar-refractivity contribution < 1.29 is 22.7 Å². The Hall–Kier alpha value is -1.92. The number of halogens is 5. The normalized spacial score (nSPS) is 20.7. The van der Waals surface area contributed by atoms with Gasteiger partial charge in [-0.3, -0.25) is 0 Å². The van der Waals surface area contributed by atoms with Crippen molar-refractivity contribution in [2.75, 3.05) is 0 Å². The molecule has 1 unspecified atom stereocenters. The van der Waals surface area contributed by atoms with E-state index in [0.717, 1.165) is 12.1 Å². The van der Waals surface area contributed by atoms with Crippen molar-refractivity contribution in [2.24, 2.45) is 5.16 Å². The van der Waals surface area contributed by atoms with E-state index < -0.39 is 17.5 Å². The van der Waals surface area contributed by atoms with Crippen molar-refractivity contribution in [3.05, 3.63) is 69.7 Å². The Morgan fingerprint density at radius 2 is 1.57 bits per heavy atom. The predicted molar refractivity (Wildman–Crippen MR) is 79.3 cm³/mol. The minimum Gasteiger partial charge on any atom is -0.419 e. The second-order valence-corrected chi connectivity index (χ2v) is 5.60. The molecule has 1 aliphatic rings. The van der Waals surface area contributed by atoms with Crippen molar-refractivity contribution in [1.82, 2.24) is 0 Å². The van der Waals surface area contributed by atoms with Gasteiger partial charge in [-0.2, -0.15) is 13.2 Å². The molecule has 0 aliphatic carbocycles. The molecular weight excluding hydrogens is 354 g/mol. The van der Waals surface area contributed by atoms with E-state index in [2.05, 4.69) is 5.16 Å². The van der Waals surface area contributed by atoms with Crippen LogP contribution in [0, 0.1) is 0 Å². The van der Waals surface area contributed by atoms with Crippen molar-refractivity contribution in [1.29, 1.82) is 0 Å². The highest BCUT2D eigenvalue weighted by Crippen LogP contribution is 2.47. The number of rotatable bonds is 2. The molecule has 0 amide bonds. The topological polar surface area (TPSA) is 30.8 Å². The van der Waals surface area contributed by atoms with Gasteiger partial charge < -0.3 is 9.57 Å². The van der Waals surface area contributed by atoms with Crippen LogP contribution in [0.5, 0.6) is 0 Å². The Kier molecular flexibility index (Phi) is 3.90. The summed E-state index contributed by atoms with van der Waals surface area (Å²) in [7, 11) is 0. The van der Waals surface area contributed by atoms with Crippen LogP contribution in [-0.2, 0) is 15.4 Å². The largest absolute Gasteiger partial charge is 0.475 e. The van der Waals surface area contributed by atoms with E-state index in [9.17, 15) is 13.2 Å². The Balaban J connectivity index is 2.05. The summed E-state index contributed by atoms with van der Waals surface area (Å²) in [5, 5.41) is 3.50. The molecule has 0 saturated carbocycles. The molecule has 3 rings (SSSR count). The van der Waals surface area contributed by atoms with Gasteiger partial charge in [-0.05, 0) is 35.5 Å². The summed E-state index contributed by atoms with van der Waals surface area (Å²) < 4.78 is 46.0. The lowest BCUT2D eigenvalue weighted by Crippen LogP contribution is -2.44. The van der Waals surface area contributed by atoms with Crippen LogP contribution in [0.1, 0.15) is 11.1 Å². The highest BCUT2D eigenvalue weighted by molar-refractivity contribution is 6.34. The molecule has 2 aromatic carbocycles. The van der Waals surface area contributed by atoms with Crippen molar-refractivity contribution >= 4 is 29.1 Å². The zero-order chi connectivity index (χ0) is 16.7. The molecule has 3 nitrogen and oxygen atoms in total. The lowest BCUT2D eigenvalue weighted by molar-refractivity contribution is -0.352. The highest BCUT2D eigenvalue weighted by Gasteiger charge is 2.65. The number of benzene rings is 2. The number of hydrogen-bond acceptors (Lipinski definition) is 3. The third-order valence-electron chi connectivity index (χ3n) is 3.13. The minimum absolute atomic E-state index is 0.0245. The molecule has 2 aromatic rings. The van der Waals surface area contributed by atoms with Crippen LogP contribution in [0.2, 0.25) is 10.0 Å². The SMILES string of the molecule is FC(F)(F)C1(c2cc(Cl)cc(Cl)c2)ON=C(c2ccccc2)O1. The minimum atomic E-state index is -4.90. The monoisotopic (exact) mass is 361 g/mol. The van der Waals surface area contributed by atoms with E-state index in [1.54, 1.807) is 30.3 Å². The molecule has 0 radical (unpaired) electrons. The first-order valence-electron chi connectivity index (χ1n) is 6.36. The molecular formula is C15H8Cl2F3NO2. The molecule has 0 N–H and O–H groups in total. The average Bonchev–Trinajstić information content (AvgIpc) is 2.93. The fourth-order valence-corrected chi connectivity index (χ4v) is 2.63. The molecule has 120 valence electrons. The van der Waals surface area contributed by atoms with Crippen LogP contribution < -0.4 is 0 Å². The number of alkyl halides is 3. The summed E-state index contributed by atoms with van der Waals surface area (Å²) in [6.07, 6.45) is -4.90. The zero-order valence-electron chi connectivity index (χ0n) is 11.3. The highest BCUT2D eigenvalue weighted by atomic mass is 35.5. The third-order valence-corrected chi connectivity index (χ3v) is 3.57. The summed E-state index contributed by atoms with van der Waals surface area (Å²) in [5.74, 6) is -3.37. The van der Waals surface area contributed by atoms with Gasteiger partial charge in [0.15, 0.2) is 0 Å². The first-order chi connectivity index (χ1) is 10.8. The van der Waals surface area contributed by atoms with E-state index >= 15 is 0 Å². The van der Waals surface area contributed by atoms with Gasteiger partial charge in [-0.25, -0.2) is 0 Å². The molecule has 1 aliphatic heterocycles. The summed E-state index contributed by atoms with van der Waals surface area (Å²) >= 11 is 11.6. The molecule has 1 atom stereocenters. The van der Waals surface area contributed by atoms with Gasteiger partial charge in [0.05, 0.1) is 5.56 Å². The van der Waals surface area contributed by atoms with E-state index in [1.165, 1.54) is 6.07 Å². The quantitative estimate of drug-likeness (QED) is 0.743. The lowest BCUT2D eigenvalue weighted by atomic mass is 10.1. The van der Waals surface area contributed by atoms with Crippen LogP contribution in [0.4, 0.5) is 13.2 Å². The van der Waals surface area contributed by atoms with E-state index in [0.29, 0.717) is 5.56 Å². The van der Waals surface area contributed by atoms with Gasteiger partial charge in [0.1, 0.15) is 0 Å². The maximum Gasteiger partial charge on any atom is 0.475 e. The first kappa shape index (κ1) is 16.0. The van der Waals surface area contributed by atoms with Gasteiger partial charge in [0.25, 0.3) is 5.90 Å². The van der Waals surface area contributed by atoms with Gasteiger partial charge in [-0.1, -0.05) is 41.4 Å². The smallest absolute Gasteiger partial charge is 0.419 e. The number of hydrogen-bond donors (Lipinski definition) is 0. The van der Waals surface area contributed by atoms with Crippen molar-refractivity contribution in [2.45, 2.75) is 12.0 Å². The van der Waals surface area contributed by atoms with Gasteiger partial charge in [-0.15, -0.1) is 0 Å². The maximum atomic E-state index is 13.6. The van der Waals surface area contributed by atoms with Crippen LogP contribution in [-0.4, -0.2) is 12.1 Å². The Bertz CT molecular complexity index is 745. The van der Waals surface area contributed by atoms with Crippen LogP contribution >= 0.6 is 23.2 Å². The van der Waals surface area contributed by atoms with Gasteiger partial charge in [0, 0.05) is 15.6 Å². The lowest BCUT2D eigenvalue weighted by Gasteiger charge is -2.28. The zero-order valence-corrected chi connectivity index (χ0v) is 12.8. The summed E-state index contributed by atoms with van der Waals surface area (Å²) in [5.41, 5.74) is -0.0380. The molecule has 1 heterocycles.